The second-order valence-electron chi connectivity index (χ2n) is 8.97. The van der Waals surface area contributed by atoms with Gasteiger partial charge in [-0.15, -0.1) is 0 Å². The Balaban J connectivity index is 3.06. The SMILES string of the molecule is CCOC(=O)CC[C@H](NS(=O)(=O)c1ccc(C)cc1)[C@@H](C)O[Si](C)(C)C(C)(C)C. The van der Waals surface area contributed by atoms with E-state index in [4.69, 9.17) is 9.16 Å². The first-order chi connectivity index (χ1) is 13.2. The highest BCUT2D eigenvalue weighted by Crippen LogP contribution is 2.37. The van der Waals surface area contributed by atoms with Crippen LogP contribution in [0.5, 0.6) is 0 Å². The van der Waals surface area contributed by atoms with Crippen molar-refractivity contribution in [2.45, 2.75) is 89.6 Å². The van der Waals surface area contributed by atoms with E-state index in [1.807, 2.05) is 13.8 Å². The van der Waals surface area contributed by atoms with E-state index in [0.717, 1.165) is 5.56 Å². The minimum Gasteiger partial charge on any atom is -0.466 e. The largest absolute Gasteiger partial charge is 0.466 e. The van der Waals surface area contributed by atoms with Gasteiger partial charge in [-0.05, 0) is 57.5 Å². The molecule has 0 saturated carbocycles. The first kappa shape index (κ1) is 25.8. The molecule has 0 spiro atoms. The summed E-state index contributed by atoms with van der Waals surface area (Å²) in [6.45, 7) is 16.5. The Morgan fingerprint density at radius 1 is 1.17 bits per heavy atom. The van der Waals surface area contributed by atoms with Gasteiger partial charge in [-0.25, -0.2) is 13.1 Å². The molecule has 1 aromatic carbocycles. The van der Waals surface area contributed by atoms with Gasteiger partial charge in [0.1, 0.15) is 0 Å². The normalized spacial score (nSPS) is 15.0. The molecule has 0 fully saturated rings. The monoisotopic (exact) mass is 443 g/mol. The van der Waals surface area contributed by atoms with Crippen molar-refractivity contribution in [2.75, 3.05) is 6.61 Å². The van der Waals surface area contributed by atoms with E-state index in [-0.39, 0.29) is 28.4 Å². The van der Waals surface area contributed by atoms with E-state index in [0.29, 0.717) is 13.0 Å². The fourth-order valence-corrected chi connectivity index (χ4v) is 5.39. The summed E-state index contributed by atoms with van der Waals surface area (Å²) in [4.78, 5) is 12.1. The molecule has 0 heterocycles. The van der Waals surface area contributed by atoms with Crippen LogP contribution in [0.25, 0.3) is 0 Å². The molecule has 1 rings (SSSR count). The van der Waals surface area contributed by atoms with E-state index in [1.54, 1.807) is 31.2 Å². The molecule has 0 aliphatic rings. The Morgan fingerprint density at radius 3 is 2.21 bits per heavy atom. The minimum atomic E-state index is -3.74. The number of hydrogen-bond acceptors (Lipinski definition) is 5. The Bertz CT molecular complexity index is 769. The molecule has 0 aromatic heterocycles. The zero-order valence-electron chi connectivity index (χ0n) is 19.0. The second kappa shape index (κ2) is 10.2. The van der Waals surface area contributed by atoms with Gasteiger partial charge >= 0.3 is 5.97 Å². The van der Waals surface area contributed by atoms with E-state index in [2.05, 4.69) is 38.6 Å². The van der Waals surface area contributed by atoms with Crippen molar-refractivity contribution in [3.63, 3.8) is 0 Å². The molecule has 8 heteroatoms. The number of carbonyl (C=O) groups is 1. The third-order valence-electron chi connectivity index (χ3n) is 5.46. The number of hydrogen-bond donors (Lipinski definition) is 1. The number of esters is 1. The highest BCUT2D eigenvalue weighted by molar-refractivity contribution is 7.89. The van der Waals surface area contributed by atoms with E-state index >= 15 is 0 Å². The fourth-order valence-electron chi connectivity index (χ4n) is 2.60. The quantitative estimate of drug-likeness (QED) is 0.428. The summed E-state index contributed by atoms with van der Waals surface area (Å²) in [6.07, 6.45) is 0.0466. The summed E-state index contributed by atoms with van der Waals surface area (Å²) in [6, 6.07) is 6.15. The third-order valence-corrected chi connectivity index (χ3v) is 11.5. The number of rotatable bonds is 10. The maximum atomic E-state index is 12.9. The molecular weight excluding hydrogens is 406 g/mol. The van der Waals surface area contributed by atoms with Crippen LogP contribution >= 0.6 is 0 Å². The predicted molar refractivity (Wildman–Crippen MR) is 119 cm³/mol. The molecular formula is C21H37NO5SSi. The molecule has 0 aliphatic carbocycles. The summed E-state index contributed by atoms with van der Waals surface area (Å²) in [5, 5.41) is -0.0111. The summed E-state index contributed by atoms with van der Waals surface area (Å²) >= 11 is 0. The number of aryl methyl sites for hydroxylation is 1. The van der Waals surface area contributed by atoms with Gasteiger partial charge in [0.15, 0.2) is 8.32 Å². The lowest BCUT2D eigenvalue weighted by atomic mass is 10.1. The van der Waals surface area contributed by atoms with Crippen LogP contribution in [-0.2, 0) is 24.0 Å². The molecule has 6 nitrogen and oxygen atoms in total. The van der Waals surface area contributed by atoms with Crippen molar-refractivity contribution in [3.8, 4) is 0 Å². The molecule has 0 radical (unpaired) electrons. The highest BCUT2D eigenvalue weighted by Gasteiger charge is 2.40. The number of nitrogens with one attached hydrogen (secondary N) is 1. The number of benzene rings is 1. The van der Waals surface area contributed by atoms with E-state index < -0.39 is 24.4 Å². The van der Waals surface area contributed by atoms with Crippen LogP contribution in [0.15, 0.2) is 29.2 Å². The van der Waals surface area contributed by atoms with Crippen molar-refractivity contribution in [1.82, 2.24) is 4.72 Å². The van der Waals surface area contributed by atoms with Gasteiger partial charge in [-0.3, -0.25) is 4.79 Å². The van der Waals surface area contributed by atoms with Crippen LogP contribution in [0.3, 0.4) is 0 Å². The minimum absolute atomic E-state index is 0.0111. The molecule has 1 aromatic rings. The lowest BCUT2D eigenvalue weighted by Crippen LogP contribution is -2.50. The fraction of sp³-hybridized carbons (Fsp3) is 0.667. The average Bonchev–Trinajstić information content (AvgIpc) is 2.57. The average molecular weight is 444 g/mol. The third kappa shape index (κ3) is 7.84. The zero-order valence-corrected chi connectivity index (χ0v) is 20.9. The zero-order chi connectivity index (χ0) is 22.5. The molecule has 166 valence electrons. The molecule has 0 amide bonds. The maximum absolute atomic E-state index is 12.9. The van der Waals surface area contributed by atoms with Gasteiger partial charge in [0, 0.05) is 12.5 Å². The molecule has 1 N–H and O–H groups in total. The summed E-state index contributed by atoms with van der Waals surface area (Å²) in [5.74, 6) is -0.341. The van der Waals surface area contributed by atoms with Gasteiger partial charge in [0.25, 0.3) is 0 Å². The van der Waals surface area contributed by atoms with Crippen LogP contribution in [-0.4, -0.2) is 41.5 Å². The van der Waals surface area contributed by atoms with Crippen molar-refractivity contribution in [3.05, 3.63) is 29.8 Å². The summed E-state index contributed by atoms with van der Waals surface area (Å²) in [5.41, 5.74) is 0.984. The molecule has 29 heavy (non-hydrogen) atoms. The van der Waals surface area contributed by atoms with Gasteiger partial charge in [-0.2, -0.15) is 0 Å². The van der Waals surface area contributed by atoms with Crippen LogP contribution in [0.4, 0.5) is 0 Å². The van der Waals surface area contributed by atoms with Gasteiger partial charge < -0.3 is 9.16 Å². The van der Waals surface area contributed by atoms with Gasteiger partial charge in [-0.1, -0.05) is 38.5 Å². The van der Waals surface area contributed by atoms with Crippen LogP contribution in [0.2, 0.25) is 18.1 Å². The van der Waals surface area contributed by atoms with Crippen molar-refractivity contribution in [1.29, 1.82) is 0 Å². The summed E-state index contributed by atoms with van der Waals surface area (Å²) in [7, 11) is -5.85. The molecule has 2 atom stereocenters. The Labute approximate surface area is 177 Å². The second-order valence-corrected chi connectivity index (χ2v) is 15.4. The van der Waals surface area contributed by atoms with Crippen molar-refractivity contribution in [2.24, 2.45) is 0 Å². The number of sulfonamides is 1. The van der Waals surface area contributed by atoms with E-state index in [1.165, 1.54) is 0 Å². The lowest BCUT2D eigenvalue weighted by molar-refractivity contribution is -0.143. The highest BCUT2D eigenvalue weighted by atomic mass is 32.2. The van der Waals surface area contributed by atoms with Gasteiger partial charge in [0.2, 0.25) is 10.0 Å². The first-order valence-electron chi connectivity index (χ1n) is 10.1. The maximum Gasteiger partial charge on any atom is 0.305 e. The molecule has 0 bridgehead atoms. The van der Waals surface area contributed by atoms with E-state index in [9.17, 15) is 13.2 Å². The predicted octanol–water partition coefficient (Wildman–Crippen LogP) is 4.40. The van der Waals surface area contributed by atoms with Crippen LogP contribution in [0, 0.1) is 6.92 Å². The van der Waals surface area contributed by atoms with Crippen molar-refractivity contribution >= 4 is 24.3 Å². The van der Waals surface area contributed by atoms with Crippen LogP contribution < -0.4 is 4.72 Å². The Hall–Kier alpha value is -1.22. The first-order valence-corrected chi connectivity index (χ1v) is 14.5. The van der Waals surface area contributed by atoms with Gasteiger partial charge in [0.05, 0.1) is 17.6 Å². The van der Waals surface area contributed by atoms with Crippen LogP contribution in [0.1, 0.15) is 53.0 Å². The topological polar surface area (TPSA) is 81.7 Å². The number of carbonyl (C=O) groups excluding carboxylic acids is 1. The molecule has 0 saturated heterocycles. The Kier molecular flexibility index (Phi) is 9.07. The molecule has 0 aliphatic heterocycles. The Morgan fingerprint density at radius 2 is 1.72 bits per heavy atom. The molecule has 0 unspecified atom stereocenters. The lowest BCUT2D eigenvalue weighted by Gasteiger charge is -2.40. The smallest absolute Gasteiger partial charge is 0.305 e. The standard InChI is InChI=1S/C21H37NO5SSi/c1-9-26-20(23)15-14-19(17(3)27-29(7,8)21(4,5)6)22-28(24,25)18-12-10-16(2)11-13-18/h10-13,17,19,22H,9,14-15H2,1-8H3/t17-,19+/m1/s1. The number of ether oxygens (including phenoxy) is 1. The van der Waals surface area contributed by atoms with Crippen molar-refractivity contribution < 1.29 is 22.4 Å². The summed E-state index contributed by atoms with van der Waals surface area (Å²) < 4.78 is 40.0.